The predicted molar refractivity (Wildman–Crippen MR) is 101 cm³/mol. The second-order valence-electron chi connectivity index (χ2n) is 7.89. The van der Waals surface area contributed by atoms with Gasteiger partial charge in [-0.1, -0.05) is 43.2 Å². The van der Waals surface area contributed by atoms with Crippen molar-refractivity contribution >= 4 is 23.8 Å². The number of hydrogen-bond acceptors (Lipinski definition) is 4. The highest BCUT2D eigenvalue weighted by atomic mass is 16.2. The molecule has 0 aromatic heterocycles. The second-order valence-corrected chi connectivity index (χ2v) is 7.89. The molecule has 0 unspecified atom stereocenters. The molecule has 4 rings (SSSR count). The lowest BCUT2D eigenvalue weighted by molar-refractivity contribution is -0.146. The highest BCUT2D eigenvalue weighted by molar-refractivity contribution is 6.44. The number of benzene rings is 1. The molecule has 1 aromatic rings. The number of nitrogens with zero attached hydrogens (tertiary/aromatic N) is 3. The van der Waals surface area contributed by atoms with Crippen molar-refractivity contribution in [2.45, 2.75) is 51.1 Å². The summed E-state index contributed by atoms with van der Waals surface area (Å²) in [5.41, 5.74) is 0.756. The number of urea groups is 1. The lowest BCUT2D eigenvalue weighted by Crippen LogP contribution is -2.53. The van der Waals surface area contributed by atoms with Gasteiger partial charge in [0.2, 0.25) is 5.91 Å². The average molecular weight is 383 g/mol. The summed E-state index contributed by atoms with van der Waals surface area (Å²) in [6, 6.07) is 8.53. The fourth-order valence-electron chi connectivity index (χ4n) is 4.76. The van der Waals surface area contributed by atoms with Crippen molar-refractivity contribution in [3.05, 3.63) is 35.9 Å². The van der Waals surface area contributed by atoms with Gasteiger partial charge in [-0.2, -0.15) is 0 Å². The number of carbonyl (C=O) groups is 4. The zero-order valence-corrected chi connectivity index (χ0v) is 15.9. The van der Waals surface area contributed by atoms with Gasteiger partial charge in [0.15, 0.2) is 0 Å². The van der Waals surface area contributed by atoms with Crippen molar-refractivity contribution in [3.63, 3.8) is 0 Å². The largest absolute Gasteiger partial charge is 0.338 e. The van der Waals surface area contributed by atoms with Gasteiger partial charge in [0.1, 0.15) is 6.54 Å². The first-order chi connectivity index (χ1) is 13.6. The zero-order chi connectivity index (χ0) is 19.7. The summed E-state index contributed by atoms with van der Waals surface area (Å²) in [6.07, 6.45) is 6.52. The first kappa shape index (κ1) is 18.7. The number of likely N-dealkylation sites (tertiary alicyclic amines) is 1. The summed E-state index contributed by atoms with van der Waals surface area (Å²) in [5, 5.41) is 0. The van der Waals surface area contributed by atoms with Crippen LogP contribution in [0.5, 0.6) is 0 Å². The van der Waals surface area contributed by atoms with Crippen molar-refractivity contribution in [1.82, 2.24) is 14.7 Å². The van der Waals surface area contributed by atoms with Gasteiger partial charge in [0.25, 0.3) is 0 Å². The Morgan fingerprint density at radius 3 is 2.36 bits per heavy atom. The molecule has 1 saturated carbocycles. The summed E-state index contributed by atoms with van der Waals surface area (Å²) in [5.74, 6) is -1.48. The maximum Gasteiger partial charge on any atom is 0.335 e. The molecule has 2 aliphatic heterocycles. The van der Waals surface area contributed by atoms with E-state index in [0.29, 0.717) is 12.5 Å². The van der Waals surface area contributed by atoms with E-state index in [4.69, 9.17) is 0 Å². The molecule has 7 nitrogen and oxygen atoms in total. The minimum absolute atomic E-state index is 0.0311. The SMILES string of the molecule is O=C1C(=O)N(Cc2ccccc2)C(=O)N1CC(=O)N1CCC[C@@H]2CCCC[C@@H]21. The summed E-state index contributed by atoms with van der Waals surface area (Å²) >= 11 is 0. The number of carbonyl (C=O) groups excluding carboxylic acids is 4. The molecule has 0 N–H and O–H groups in total. The highest BCUT2D eigenvalue weighted by Gasteiger charge is 2.46. The lowest BCUT2D eigenvalue weighted by atomic mass is 9.78. The summed E-state index contributed by atoms with van der Waals surface area (Å²) < 4.78 is 0. The number of imide groups is 2. The van der Waals surface area contributed by atoms with Crippen LogP contribution in [-0.4, -0.2) is 57.6 Å². The van der Waals surface area contributed by atoms with Gasteiger partial charge in [-0.3, -0.25) is 19.3 Å². The molecule has 2 saturated heterocycles. The van der Waals surface area contributed by atoms with E-state index < -0.39 is 17.8 Å². The molecule has 148 valence electrons. The van der Waals surface area contributed by atoms with Crippen LogP contribution in [0.3, 0.4) is 0 Å². The Kier molecular flexibility index (Phi) is 5.15. The van der Waals surface area contributed by atoms with E-state index in [1.165, 1.54) is 6.42 Å². The van der Waals surface area contributed by atoms with E-state index in [1.54, 1.807) is 24.3 Å². The fourth-order valence-corrected chi connectivity index (χ4v) is 4.76. The molecule has 1 aromatic carbocycles. The predicted octanol–water partition coefficient (Wildman–Crippen LogP) is 2.16. The Bertz CT molecular complexity index is 792. The molecule has 5 amide bonds. The van der Waals surface area contributed by atoms with Crippen LogP contribution in [-0.2, 0) is 20.9 Å². The monoisotopic (exact) mass is 383 g/mol. The molecule has 3 aliphatic rings. The van der Waals surface area contributed by atoms with Gasteiger partial charge in [0.05, 0.1) is 6.54 Å². The Hall–Kier alpha value is -2.70. The molecule has 7 heteroatoms. The van der Waals surface area contributed by atoms with Gasteiger partial charge in [0, 0.05) is 12.6 Å². The lowest BCUT2D eigenvalue weighted by Gasteiger charge is -2.44. The molecule has 3 fully saturated rings. The molecule has 0 spiro atoms. The van der Waals surface area contributed by atoms with Crippen LogP contribution in [0.4, 0.5) is 4.79 Å². The van der Waals surface area contributed by atoms with Crippen LogP contribution in [0, 0.1) is 5.92 Å². The maximum atomic E-state index is 12.9. The van der Waals surface area contributed by atoms with E-state index in [2.05, 4.69) is 0 Å². The molecule has 2 atom stereocenters. The van der Waals surface area contributed by atoms with Crippen LogP contribution < -0.4 is 0 Å². The van der Waals surface area contributed by atoms with E-state index in [9.17, 15) is 19.2 Å². The van der Waals surface area contributed by atoms with Gasteiger partial charge < -0.3 is 4.90 Å². The number of piperidine rings is 1. The third kappa shape index (κ3) is 3.41. The fraction of sp³-hybridized carbons (Fsp3) is 0.524. The normalized spacial score (nSPS) is 25.3. The van der Waals surface area contributed by atoms with Crippen LogP contribution in [0.2, 0.25) is 0 Å². The Morgan fingerprint density at radius 2 is 1.57 bits per heavy atom. The third-order valence-corrected chi connectivity index (χ3v) is 6.18. The van der Waals surface area contributed by atoms with Gasteiger partial charge in [-0.15, -0.1) is 0 Å². The Labute approximate surface area is 164 Å². The quantitative estimate of drug-likeness (QED) is 0.590. The third-order valence-electron chi connectivity index (χ3n) is 6.18. The van der Waals surface area contributed by atoms with Gasteiger partial charge in [-0.05, 0) is 37.2 Å². The van der Waals surface area contributed by atoms with Crippen molar-refractivity contribution in [1.29, 1.82) is 0 Å². The summed E-state index contributed by atoms with van der Waals surface area (Å²) in [7, 11) is 0. The number of amides is 5. The minimum Gasteiger partial charge on any atom is -0.338 e. The number of fused-ring (bicyclic) bond motifs is 1. The molecule has 0 radical (unpaired) electrons. The molecule has 28 heavy (non-hydrogen) atoms. The van der Waals surface area contributed by atoms with E-state index >= 15 is 0 Å². The molecular formula is C21H25N3O4. The highest BCUT2D eigenvalue weighted by Crippen LogP contribution is 2.35. The molecular weight excluding hydrogens is 358 g/mol. The van der Waals surface area contributed by atoms with Crippen LogP contribution in [0.25, 0.3) is 0 Å². The minimum atomic E-state index is -0.911. The zero-order valence-electron chi connectivity index (χ0n) is 15.9. The topological polar surface area (TPSA) is 78.0 Å². The maximum absolute atomic E-state index is 12.9. The Balaban J connectivity index is 1.45. The second kappa shape index (κ2) is 7.73. The van der Waals surface area contributed by atoms with E-state index in [1.807, 2.05) is 11.0 Å². The van der Waals surface area contributed by atoms with Crippen molar-refractivity contribution < 1.29 is 19.2 Å². The van der Waals surface area contributed by atoms with Crippen LogP contribution in [0.15, 0.2) is 30.3 Å². The van der Waals surface area contributed by atoms with Crippen molar-refractivity contribution in [2.24, 2.45) is 5.92 Å². The molecule has 2 heterocycles. The number of rotatable bonds is 4. The Morgan fingerprint density at radius 1 is 0.893 bits per heavy atom. The van der Waals surface area contributed by atoms with Gasteiger partial charge >= 0.3 is 17.8 Å². The van der Waals surface area contributed by atoms with E-state index in [0.717, 1.165) is 47.5 Å². The van der Waals surface area contributed by atoms with Gasteiger partial charge in [-0.25, -0.2) is 9.69 Å². The molecule has 1 aliphatic carbocycles. The van der Waals surface area contributed by atoms with E-state index in [-0.39, 0.29) is 25.0 Å². The van der Waals surface area contributed by atoms with Crippen LogP contribution in [0.1, 0.15) is 44.1 Å². The number of hydrogen-bond donors (Lipinski definition) is 0. The summed E-state index contributed by atoms with van der Waals surface area (Å²) in [4.78, 5) is 53.8. The van der Waals surface area contributed by atoms with Crippen molar-refractivity contribution in [2.75, 3.05) is 13.1 Å². The molecule has 0 bridgehead atoms. The van der Waals surface area contributed by atoms with Crippen molar-refractivity contribution in [3.8, 4) is 0 Å². The first-order valence-corrected chi connectivity index (χ1v) is 10.1. The standard InChI is InChI=1S/C21H25N3O4/c25-18(22-12-6-10-16-9-4-5-11-17(16)22)14-24-20(27)19(26)23(21(24)28)13-15-7-2-1-3-8-15/h1-3,7-8,16-17H,4-6,9-14H2/t16-,17-/m0/s1. The average Bonchev–Trinajstić information content (AvgIpc) is 2.92. The summed E-state index contributed by atoms with van der Waals surface area (Å²) in [6.45, 7) is 0.346. The first-order valence-electron chi connectivity index (χ1n) is 10.1. The van der Waals surface area contributed by atoms with Crippen LogP contribution >= 0.6 is 0 Å². The smallest absolute Gasteiger partial charge is 0.335 e.